The number of rotatable bonds is 8. The fourth-order valence-electron chi connectivity index (χ4n) is 2.04. The van der Waals surface area contributed by atoms with Crippen LogP contribution in [0.4, 0.5) is 0 Å². The average molecular weight is 397 g/mol. The highest BCUT2D eigenvalue weighted by atomic mass is 79.9. The van der Waals surface area contributed by atoms with E-state index in [1.54, 1.807) is 33.3 Å². The molecule has 0 saturated heterocycles. The summed E-state index contributed by atoms with van der Waals surface area (Å²) in [7, 11) is 3.09. The van der Waals surface area contributed by atoms with Gasteiger partial charge in [0.15, 0.2) is 11.5 Å². The molecule has 0 aromatic heterocycles. The van der Waals surface area contributed by atoms with Crippen LogP contribution in [0.15, 0.2) is 22.2 Å². The van der Waals surface area contributed by atoms with E-state index in [4.69, 9.17) is 14.2 Å². The van der Waals surface area contributed by atoms with Gasteiger partial charge in [0, 0.05) is 13.2 Å². The molecular formula is C17H21BrN2O4. The minimum Gasteiger partial charge on any atom is -0.492 e. The van der Waals surface area contributed by atoms with Gasteiger partial charge in [-0.05, 0) is 53.5 Å². The largest absolute Gasteiger partial charge is 0.492 e. The molecule has 0 saturated carbocycles. The molecular weight excluding hydrogens is 376 g/mol. The van der Waals surface area contributed by atoms with Crippen molar-refractivity contribution < 1.29 is 19.0 Å². The van der Waals surface area contributed by atoms with Gasteiger partial charge in [-0.2, -0.15) is 5.26 Å². The molecule has 1 unspecified atom stereocenters. The number of halogens is 1. The first-order valence-corrected chi connectivity index (χ1v) is 8.18. The molecule has 0 aliphatic carbocycles. The lowest BCUT2D eigenvalue weighted by atomic mass is 10.1. The first-order valence-electron chi connectivity index (χ1n) is 7.38. The number of hydrogen-bond acceptors (Lipinski definition) is 5. The first kappa shape index (κ1) is 20.0. The van der Waals surface area contributed by atoms with Gasteiger partial charge in [-0.1, -0.05) is 0 Å². The number of hydrogen-bond donors (Lipinski definition) is 1. The maximum absolute atomic E-state index is 12.2. The number of amides is 1. The van der Waals surface area contributed by atoms with Crippen molar-refractivity contribution in [1.82, 2.24) is 5.32 Å². The first-order chi connectivity index (χ1) is 11.5. The predicted molar refractivity (Wildman–Crippen MR) is 94.9 cm³/mol. The molecule has 0 spiro atoms. The van der Waals surface area contributed by atoms with Crippen LogP contribution < -0.4 is 14.8 Å². The van der Waals surface area contributed by atoms with E-state index in [9.17, 15) is 10.1 Å². The molecule has 1 N–H and O–H groups in total. The summed E-state index contributed by atoms with van der Waals surface area (Å²) in [5.74, 6) is 0.642. The van der Waals surface area contributed by atoms with Crippen molar-refractivity contribution in [3.05, 3.63) is 27.7 Å². The number of methoxy groups -OCH3 is 2. The highest BCUT2D eigenvalue weighted by Crippen LogP contribution is 2.37. The molecule has 130 valence electrons. The highest BCUT2D eigenvalue weighted by Gasteiger charge is 2.15. The number of carbonyl (C=O) groups excluding carboxylic acids is 1. The van der Waals surface area contributed by atoms with Crippen molar-refractivity contribution >= 4 is 27.9 Å². The Hall–Kier alpha value is -2.04. The highest BCUT2D eigenvalue weighted by molar-refractivity contribution is 9.10. The van der Waals surface area contributed by atoms with Crippen LogP contribution in [0.2, 0.25) is 0 Å². The number of benzene rings is 1. The van der Waals surface area contributed by atoms with Gasteiger partial charge in [-0.25, -0.2) is 0 Å². The molecule has 0 bridgehead atoms. The molecule has 1 atom stereocenters. The Kier molecular flexibility index (Phi) is 8.30. The quantitative estimate of drug-likeness (QED) is 0.539. The molecule has 1 amide bonds. The van der Waals surface area contributed by atoms with Crippen molar-refractivity contribution in [2.24, 2.45) is 0 Å². The van der Waals surface area contributed by atoms with Crippen LogP contribution in [0.25, 0.3) is 6.08 Å². The van der Waals surface area contributed by atoms with Gasteiger partial charge < -0.3 is 19.5 Å². The lowest BCUT2D eigenvalue weighted by Crippen LogP contribution is -2.36. The second-order valence-electron chi connectivity index (χ2n) is 4.97. The summed E-state index contributed by atoms with van der Waals surface area (Å²) >= 11 is 3.40. The maximum Gasteiger partial charge on any atom is 0.262 e. The molecule has 7 heteroatoms. The van der Waals surface area contributed by atoms with E-state index in [0.717, 1.165) is 0 Å². The fourth-order valence-corrected chi connectivity index (χ4v) is 2.66. The molecule has 6 nitrogen and oxygen atoms in total. The molecule has 1 aromatic rings. The third-order valence-electron chi connectivity index (χ3n) is 3.01. The molecule has 0 radical (unpaired) electrons. The summed E-state index contributed by atoms with van der Waals surface area (Å²) in [6.45, 7) is 4.50. The predicted octanol–water partition coefficient (Wildman–Crippen LogP) is 2.91. The maximum atomic E-state index is 12.2. The Bertz CT molecular complexity index is 653. The summed E-state index contributed by atoms with van der Waals surface area (Å²) < 4.78 is 16.5. The monoisotopic (exact) mass is 396 g/mol. The summed E-state index contributed by atoms with van der Waals surface area (Å²) in [4.78, 5) is 12.2. The van der Waals surface area contributed by atoms with E-state index in [2.05, 4.69) is 21.2 Å². The van der Waals surface area contributed by atoms with Crippen LogP contribution in [0.3, 0.4) is 0 Å². The van der Waals surface area contributed by atoms with Gasteiger partial charge in [-0.3, -0.25) is 4.79 Å². The molecule has 0 heterocycles. The lowest BCUT2D eigenvalue weighted by Gasteiger charge is -2.13. The van der Waals surface area contributed by atoms with Gasteiger partial charge in [0.25, 0.3) is 5.91 Å². The number of nitrogens with one attached hydrogen (secondary N) is 1. The summed E-state index contributed by atoms with van der Waals surface area (Å²) in [6, 6.07) is 5.20. The van der Waals surface area contributed by atoms with E-state index in [1.165, 1.54) is 6.08 Å². The second-order valence-corrected chi connectivity index (χ2v) is 5.82. The minimum atomic E-state index is -0.452. The Morgan fingerprint density at radius 2 is 2.17 bits per heavy atom. The van der Waals surface area contributed by atoms with E-state index >= 15 is 0 Å². The normalized spacial score (nSPS) is 12.2. The molecule has 0 aliphatic heterocycles. The minimum absolute atomic E-state index is 0.00234. The van der Waals surface area contributed by atoms with Gasteiger partial charge >= 0.3 is 0 Å². The van der Waals surface area contributed by atoms with E-state index in [1.807, 2.05) is 13.0 Å². The van der Waals surface area contributed by atoms with Crippen molar-refractivity contribution in [1.29, 1.82) is 5.26 Å². The van der Waals surface area contributed by atoms with Crippen molar-refractivity contribution in [2.75, 3.05) is 27.4 Å². The van der Waals surface area contributed by atoms with E-state index < -0.39 is 5.91 Å². The topological polar surface area (TPSA) is 80.6 Å². The van der Waals surface area contributed by atoms with Crippen molar-refractivity contribution in [2.45, 2.75) is 19.9 Å². The van der Waals surface area contributed by atoms with Crippen LogP contribution in [-0.4, -0.2) is 39.4 Å². The molecule has 24 heavy (non-hydrogen) atoms. The van der Waals surface area contributed by atoms with Gasteiger partial charge in [0.2, 0.25) is 0 Å². The zero-order chi connectivity index (χ0) is 18.1. The van der Waals surface area contributed by atoms with Crippen LogP contribution in [0, 0.1) is 11.3 Å². The van der Waals surface area contributed by atoms with Gasteiger partial charge in [-0.15, -0.1) is 0 Å². The molecule has 0 fully saturated rings. The SMILES string of the molecule is CCOc1cc(C=C(C#N)C(=O)NC(C)COC)cc(Br)c1OC. The van der Waals surface area contributed by atoms with Gasteiger partial charge in [0.1, 0.15) is 11.6 Å². The average Bonchev–Trinajstić information content (AvgIpc) is 2.52. The van der Waals surface area contributed by atoms with E-state index in [-0.39, 0.29) is 11.6 Å². The third-order valence-corrected chi connectivity index (χ3v) is 3.60. The summed E-state index contributed by atoms with van der Waals surface area (Å²) in [5.41, 5.74) is 0.648. The summed E-state index contributed by atoms with van der Waals surface area (Å²) in [6.07, 6.45) is 1.50. The van der Waals surface area contributed by atoms with Crippen LogP contribution in [-0.2, 0) is 9.53 Å². The van der Waals surface area contributed by atoms with Crippen LogP contribution in [0.1, 0.15) is 19.4 Å². The number of ether oxygens (including phenoxy) is 3. The lowest BCUT2D eigenvalue weighted by molar-refractivity contribution is -0.117. The Balaban J connectivity index is 3.12. The Labute approximate surface area is 150 Å². The number of nitrogens with zero attached hydrogens (tertiary/aromatic N) is 1. The number of carbonyl (C=O) groups is 1. The molecule has 0 aliphatic rings. The third kappa shape index (κ3) is 5.55. The summed E-state index contributed by atoms with van der Waals surface area (Å²) in [5, 5.41) is 12.0. The Morgan fingerprint density at radius 3 is 2.71 bits per heavy atom. The Morgan fingerprint density at radius 1 is 1.46 bits per heavy atom. The number of nitriles is 1. The fraction of sp³-hybridized carbons (Fsp3) is 0.412. The van der Waals surface area contributed by atoms with Crippen LogP contribution >= 0.6 is 15.9 Å². The standard InChI is InChI=1S/C17H21BrN2O4/c1-5-24-15-8-12(7-14(18)16(15)23-4)6-13(9-19)17(21)20-11(2)10-22-3/h6-8,11H,5,10H2,1-4H3,(H,20,21). The van der Waals surface area contributed by atoms with Crippen molar-refractivity contribution in [3.8, 4) is 17.6 Å². The smallest absolute Gasteiger partial charge is 0.262 e. The second kappa shape index (κ2) is 9.96. The van der Waals surface area contributed by atoms with Crippen molar-refractivity contribution in [3.63, 3.8) is 0 Å². The molecule has 1 aromatic carbocycles. The molecule has 1 rings (SSSR count). The van der Waals surface area contributed by atoms with Crippen LogP contribution in [0.5, 0.6) is 11.5 Å². The zero-order valence-electron chi connectivity index (χ0n) is 14.2. The zero-order valence-corrected chi connectivity index (χ0v) is 15.8. The van der Waals surface area contributed by atoms with E-state index in [0.29, 0.717) is 34.7 Å². The van der Waals surface area contributed by atoms with Gasteiger partial charge in [0.05, 0.1) is 24.8 Å².